The fourth-order valence-electron chi connectivity index (χ4n) is 3.06. The minimum atomic E-state index is -0.488. The highest BCUT2D eigenvalue weighted by Crippen LogP contribution is 2.28. The summed E-state index contributed by atoms with van der Waals surface area (Å²) in [7, 11) is 0. The van der Waals surface area contributed by atoms with Crippen molar-refractivity contribution in [1.29, 1.82) is 5.26 Å². The topological polar surface area (TPSA) is 56.6 Å². The lowest BCUT2D eigenvalue weighted by Gasteiger charge is -2.37. The maximum atomic E-state index is 12.2. The van der Waals surface area contributed by atoms with Crippen molar-refractivity contribution in [1.82, 2.24) is 4.90 Å². The molecular weight excluding hydrogens is 326 g/mol. The molecule has 1 heterocycles. The Bertz CT molecular complexity index is 742. The molecule has 0 spiro atoms. The molecule has 1 aromatic carbocycles. The quantitative estimate of drug-likeness (QED) is 0.791. The molecule has 0 radical (unpaired) electrons. The third kappa shape index (κ3) is 5.01. The van der Waals surface area contributed by atoms with Gasteiger partial charge < -0.3 is 14.5 Å². The van der Waals surface area contributed by atoms with E-state index < -0.39 is 5.60 Å². The molecule has 0 N–H and O–H groups in total. The van der Waals surface area contributed by atoms with Crippen molar-refractivity contribution < 1.29 is 9.53 Å². The lowest BCUT2D eigenvalue weighted by atomic mass is 10.0. The average molecular weight is 355 g/mol. The van der Waals surface area contributed by atoms with Gasteiger partial charge in [0.1, 0.15) is 11.7 Å². The summed E-state index contributed by atoms with van der Waals surface area (Å²) in [5, 5.41) is 9.59. The molecule has 0 saturated carbocycles. The number of ether oxygens (including phenoxy) is 1. The number of nitrogens with zero attached hydrogens (tertiary/aromatic N) is 3. The van der Waals surface area contributed by atoms with E-state index in [4.69, 9.17) is 4.74 Å². The zero-order valence-corrected chi connectivity index (χ0v) is 16.7. The predicted molar refractivity (Wildman–Crippen MR) is 105 cm³/mol. The van der Waals surface area contributed by atoms with E-state index in [2.05, 4.69) is 37.0 Å². The summed E-state index contributed by atoms with van der Waals surface area (Å²) in [4.78, 5) is 16.2. The highest BCUT2D eigenvalue weighted by molar-refractivity contribution is 5.71. The molecule has 1 aromatic rings. The van der Waals surface area contributed by atoms with Gasteiger partial charge >= 0.3 is 6.09 Å². The average Bonchev–Trinajstić information content (AvgIpc) is 2.52. The molecule has 0 bridgehead atoms. The molecule has 0 unspecified atom stereocenters. The van der Waals surface area contributed by atoms with Crippen LogP contribution in [0, 0.1) is 18.3 Å². The SMILES string of the molecule is CC(C)=Cc1cc(C)c(C#N)c(N2CCN(C(=O)OC(C)(C)C)CC2)c1. The van der Waals surface area contributed by atoms with Gasteiger partial charge in [-0.2, -0.15) is 5.26 Å². The Morgan fingerprint density at radius 2 is 1.81 bits per heavy atom. The Morgan fingerprint density at radius 1 is 1.19 bits per heavy atom. The summed E-state index contributed by atoms with van der Waals surface area (Å²) >= 11 is 0. The van der Waals surface area contributed by atoms with E-state index >= 15 is 0 Å². The predicted octanol–water partition coefficient (Wildman–Crippen LogP) is 4.35. The van der Waals surface area contributed by atoms with E-state index in [1.807, 2.05) is 33.8 Å². The maximum absolute atomic E-state index is 12.2. The highest BCUT2D eigenvalue weighted by Gasteiger charge is 2.27. The number of aryl methyl sites for hydroxylation is 1. The highest BCUT2D eigenvalue weighted by atomic mass is 16.6. The Morgan fingerprint density at radius 3 is 2.31 bits per heavy atom. The van der Waals surface area contributed by atoms with Crippen LogP contribution in [0.1, 0.15) is 51.3 Å². The number of rotatable bonds is 2. The molecule has 1 aliphatic rings. The van der Waals surface area contributed by atoms with Crippen LogP contribution in [0.2, 0.25) is 0 Å². The fraction of sp³-hybridized carbons (Fsp3) is 0.524. The number of carbonyl (C=O) groups is 1. The van der Waals surface area contributed by atoms with Crippen LogP contribution >= 0.6 is 0 Å². The third-order valence-corrected chi connectivity index (χ3v) is 4.18. The summed E-state index contributed by atoms with van der Waals surface area (Å²) < 4.78 is 5.45. The zero-order valence-electron chi connectivity index (χ0n) is 16.7. The van der Waals surface area contributed by atoms with Gasteiger partial charge in [0.15, 0.2) is 0 Å². The second kappa shape index (κ2) is 7.82. The monoisotopic (exact) mass is 355 g/mol. The first-order valence-corrected chi connectivity index (χ1v) is 9.03. The largest absolute Gasteiger partial charge is 0.444 e. The molecule has 2 rings (SSSR count). The van der Waals surface area contributed by atoms with Gasteiger partial charge in [-0.1, -0.05) is 17.7 Å². The van der Waals surface area contributed by atoms with Crippen LogP contribution in [0.4, 0.5) is 10.5 Å². The first kappa shape index (κ1) is 19.8. The Hall–Kier alpha value is -2.48. The molecule has 26 heavy (non-hydrogen) atoms. The number of nitriles is 1. The lowest BCUT2D eigenvalue weighted by molar-refractivity contribution is 0.0240. The molecule has 5 heteroatoms. The third-order valence-electron chi connectivity index (χ3n) is 4.18. The van der Waals surface area contributed by atoms with E-state index in [-0.39, 0.29) is 6.09 Å². The number of amides is 1. The summed E-state index contributed by atoms with van der Waals surface area (Å²) in [6.07, 6.45) is 1.85. The van der Waals surface area contributed by atoms with Gasteiger partial charge in [0, 0.05) is 26.2 Å². The van der Waals surface area contributed by atoms with Crippen LogP contribution in [-0.2, 0) is 4.74 Å². The minimum absolute atomic E-state index is 0.271. The van der Waals surface area contributed by atoms with E-state index in [9.17, 15) is 10.1 Å². The van der Waals surface area contributed by atoms with E-state index in [0.717, 1.165) is 16.8 Å². The van der Waals surface area contributed by atoms with Crippen LogP contribution in [0.5, 0.6) is 0 Å². The van der Waals surface area contributed by atoms with Crippen molar-refractivity contribution >= 4 is 17.9 Å². The van der Waals surface area contributed by atoms with Gasteiger partial charge in [-0.05, 0) is 58.7 Å². The number of benzene rings is 1. The molecule has 0 atom stereocenters. The van der Waals surface area contributed by atoms with Crippen molar-refractivity contribution in [3.63, 3.8) is 0 Å². The normalized spacial score (nSPS) is 14.7. The first-order valence-electron chi connectivity index (χ1n) is 9.03. The molecule has 5 nitrogen and oxygen atoms in total. The van der Waals surface area contributed by atoms with Crippen LogP contribution in [0.3, 0.4) is 0 Å². The Kier molecular flexibility index (Phi) is 5.97. The minimum Gasteiger partial charge on any atom is -0.444 e. The first-order chi connectivity index (χ1) is 12.1. The number of hydrogen-bond donors (Lipinski definition) is 0. The fourth-order valence-corrected chi connectivity index (χ4v) is 3.06. The number of allylic oxidation sites excluding steroid dienone is 1. The second-order valence-electron chi connectivity index (χ2n) is 8.02. The van der Waals surface area contributed by atoms with Crippen molar-refractivity contribution in [3.05, 3.63) is 34.4 Å². The summed E-state index contributed by atoms with van der Waals surface area (Å²) in [6.45, 7) is 14.3. The van der Waals surface area contributed by atoms with Crippen molar-refractivity contribution in [3.8, 4) is 6.07 Å². The van der Waals surface area contributed by atoms with Gasteiger partial charge in [-0.25, -0.2) is 4.79 Å². The zero-order chi connectivity index (χ0) is 19.5. The van der Waals surface area contributed by atoms with E-state index in [1.54, 1.807) is 4.90 Å². The Balaban J connectivity index is 2.18. The smallest absolute Gasteiger partial charge is 0.410 e. The molecule has 1 fully saturated rings. The van der Waals surface area contributed by atoms with Gasteiger partial charge in [0.2, 0.25) is 0 Å². The number of piperazine rings is 1. The summed E-state index contributed by atoms with van der Waals surface area (Å²) in [5.41, 5.74) is 4.47. The van der Waals surface area contributed by atoms with Crippen LogP contribution < -0.4 is 4.90 Å². The van der Waals surface area contributed by atoms with Crippen LogP contribution in [-0.4, -0.2) is 42.8 Å². The van der Waals surface area contributed by atoms with Gasteiger partial charge in [0.25, 0.3) is 0 Å². The molecule has 1 amide bonds. The molecular formula is C21H29N3O2. The Labute approximate surface area is 156 Å². The summed E-state index contributed by atoms with van der Waals surface area (Å²) in [6, 6.07) is 6.46. The molecule has 140 valence electrons. The molecule has 1 aliphatic heterocycles. The lowest BCUT2D eigenvalue weighted by Crippen LogP contribution is -2.50. The molecule has 1 saturated heterocycles. The molecule has 0 aromatic heterocycles. The van der Waals surface area contributed by atoms with E-state index in [1.165, 1.54) is 5.57 Å². The van der Waals surface area contributed by atoms with Gasteiger partial charge in [-0.3, -0.25) is 0 Å². The maximum Gasteiger partial charge on any atom is 0.410 e. The van der Waals surface area contributed by atoms with Crippen LogP contribution in [0.25, 0.3) is 6.08 Å². The number of carbonyl (C=O) groups excluding carboxylic acids is 1. The van der Waals surface area contributed by atoms with Crippen LogP contribution in [0.15, 0.2) is 17.7 Å². The van der Waals surface area contributed by atoms with Crippen molar-refractivity contribution in [2.45, 2.75) is 47.1 Å². The van der Waals surface area contributed by atoms with E-state index in [0.29, 0.717) is 31.7 Å². The number of anilines is 1. The standard InChI is InChI=1S/C21H29N3O2/c1-15(2)11-17-12-16(3)18(14-22)19(13-17)23-7-9-24(10-8-23)20(25)26-21(4,5)6/h11-13H,7-10H2,1-6H3. The van der Waals surface area contributed by atoms with Gasteiger partial charge in [0.05, 0.1) is 11.3 Å². The molecule has 0 aliphatic carbocycles. The van der Waals surface area contributed by atoms with Crippen molar-refractivity contribution in [2.75, 3.05) is 31.1 Å². The second-order valence-corrected chi connectivity index (χ2v) is 8.02. The number of hydrogen-bond acceptors (Lipinski definition) is 4. The summed E-state index contributed by atoms with van der Waals surface area (Å²) in [5.74, 6) is 0. The van der Waals surface area contributed by atoms with Gasteiger partial charge in [-0.15, -0.1) is 0 Å². The van der Waals surface area contributed by atoms with Crippen molar-refractivity contribution in [2.24, 2.45) is 0 Å².